The lowest BCUT2D eigenvalue weighted by Gasteiger charge is -2.50. The van der Waals surface area contributed by atoms with E-state index >= 15 is 0 Å². The largest absolute Gasteiger partial charge is 0.468 e. The molecule has 0 aliphatic carbocycles. The number of ether oxygens (including phenoxy) is 1. The molecule has 0 saturated carbocycles. The second kappa shape index (κ2) is 11.2. The lowest BCUT2D eigenvalue weighted by molar-refractivity contribution is -0.163. The number of piperidine rings is 1. The number of rotatable bonds is 7. The predicted octanol–water partition coefficient (Wildman–Crippen LogP) is 8.21. The van der Waals surface area contributed by atoms with E-state index in [2.05, 4.69) is 26.0 Å². The highest BCUT2D eigenvalue weighted by molar-refractivity contribution is 5.84. The molecule has 0 radical (unpaired) electrons. The van der Waals surface area contributed by atoms with Gasteiger partial charge in [0.15, 0.2) is 5.72 Å². The zero-order chi connectivity index (χ0) is 27.5. The average Bonchev–Trinajstić information content (AvgIpc) is 2.88. The Morgan fingerprint density at radius 3 is 2.32 bits per heavy atom. The molecule has 1 fully saturated rings. The van der Waals surface area contributed by atoms with Crippen LogP contribution in [0.2, 0.25) is 0 Å². The molecule has 1 aliphatic heterocycles. The summed E-state index contributed by atoms with van der Waals surface area (Å²) in [5.74, 6) is 0.204. The van der Waals surface area contributed by atoms with E-state index in [1.54, 1.807) is 4.90 Å². The van der Waals surface area contributed by atoms with Gasteiger partial charge in [0.1, 0.15) is 5.75 Å². The standard InChI is InChI=1S/C32H36F3NO2/c1-22(2)20-24-10-8-13-26(21-24)23(3)30(37)36-19-9-14-29(25-11-6-5-7-12-25)31(36,4)38-28-17-15-27(16-18-28)32(33,34)35/h5-8,10-13,15-18,21-23,29H,9,14,19-20H2,1-4H3/t23?,29-,31-/m0/s1. The van der Waals surface area contributed by atoms with Crippen LogP contribution in [0.25, 0.3) is 0 Å². The van der Waals surface area contributed by atoms with Gasteiger partial charge in [-0.05, 0) is 80.0 Å². The summed E-state index contributed by atoms with van der Waals surface area (Å²) in [5.41, 5.74) is 1.36. The van der Waals surface area contributed by atoms with Gasteiger partial charge in [0.2, 0.25) is 5.91 Å². The van der Waals surface area contributed by atoms with Crippen molar-refractivity contribution >= 4 is 5.91 Å². The van der Waals surface area contributed by atoms with Crippen molar-refractivity contribution in [2.75, 3.05) is 6.54 Å². The van der Waals surface area contributed by atoms with Gasteiger partial charge >= 0.3 is 6.18 Å². The zero-order valence-electron chi connectivity index (χ0n) is 22.5. The van der Waals surface area contributed by atoms with E-state index in [0.717, 1.165) is 42.5 Å². The number of halogens is 3. The van der Waals surface area contributed by atoms with E-state index in [1.165, 1.54) is 17.7 Å². The van der Waals surface area contributed by atoms with Crippen molar-refractivity contribution in [2.24, 2.45) is 5.92 Å². The number of hydrogen-bond donors (Lipinski definition) is 0. The highest BCUT2D eigenvalue weighted by Gasteiger charge is 2.48. The van der Waals surface area contributed by atoms with E-state index in [1.807, 2.05) is 56.3 Å². The molecule has 3 aromatic rings. The Morgan fingerprint density at radius 1 is 1.00 bits per heavy atom. The molecule has 3 atom stereocenters. The van der Waals surface area contributed by atoms with Gasteiger partial charge < -0.3 is 9.64 Å². The third-order valence-corrected chi connectivity index (χ3v) is 7.50. The van der Waals surface area contributed by atoms with Crippen LogP contribution in [-0.4, -0.2) is 23.1 Å². The Kier molecular flexibility index (Phi) is 8.19. The Hall–Kier alpha value is -3.28. The summed E-state index contributed by atoms with van der Waals surface area (Å²) in [6.07, 6.45) is -1.90. The van der Waals surface area contributed by atoms with Crippen LogP contribution in [-0.2, 0) is 17.4 Å². The molecule has 0 N–H and O–H groups in total. The number of carbonyl (C=O) groups excluding carboxylic acids is 1. The number of carbonyl (C=O) groups is 1. The second-order valence-electron chi connectivity index (χ2n) is 10.8. The number of likely N-dealkylation sites (tertiary alicyclic amines) is 1. The normalized spacial score (nSPS) is 20.8. The summed E-state index contributed by atoms with van der Waals surface area (Å²) >= 11 is 0. The lowest BCUT2D eigenvalue weighted by Crippen LogP contribution is -2.60. The van der Waals surface area contributed by atoms with Crippen molar-refractivity contribution in [3.63, 3.8) is 0 Å². The predicted molar refractivity (Wildman–Crippen MR) is 144 cm³/mol. The molecular weight excluding hydrogens is 487 g/mol. The van der Waals surface area contributed by atoms with Crippen LogP contribution in [0.1, 0.15) is 74.6 Å². The maximum Gasteiger partial charge on any atom is 0.416 e. The molecule has 3 aromatic carbocycles. The maximum absolute atomic E-state index is 14.1. The monoisotopic (exact) mass is 523 g/mol. The van der Waals surface area contributed by atoms with Crippen molar-refractivity contribution in [3.05, 3.63) is 101 Å². The minimum Gasteiger partial charge on any atom is -0.468 e. The van der Waals surface area contributed by atoms with Crippen molar-refractivity contribution < 1.29 is 22.7 Å². The SMILES string of the molecule is CC(C)Cc1cccc(C(C)C(=O)N2CCC[C@@H](c3ccccc3)[C@]2(C)Oc2ccc(C(F)(F)F)cc2)c1. The summed E-state index contributed by atoms with van der Waals surface area (Å²) in [6, 6.07) is 22.8. The molecule has 3 nitrogen and oxygen atoms in total. The number of amides is 1. The Bertz CT molecular complexity index is 1220. The second-order valence-corrected chi connectivity index (χ2v) is 10.8. The fourth-order valence-corrected chi connectivity index (χ4v) is 5.54. The van der Waals surface area contributed by atoms with E-state index in [9.17, 15) is 18.0 Å². The van der Waals surface area contributed by atoms with Gasteiger partial charge in [0, 0.05) is 12.5 Å². The number of benzene rings is 3. The van der Waals surface area contributed by atoms with Crippen LogP contribution in [0.15, 0.2) is 78.9 Å². The molecule has 0 bridgehead atoms. The molecule has 6 heteroatoms. The smallest absolute Gasteiger partial charge is 0.416 e. The summed E-state index contributed by atoms with van der Waals surface area (Å²) in [7, 11) is 0. The fraction of sp³-hybridized carbons (Fsp3) is 0.406. The van der Waals surface area contributed by atoms with E-state index in [-0.39, 0.29) is 11.8 Å². The molecule has 202 valence electrons. The topological polar surface area (TPSA) is 29.5 Å². The Balaban J connectivity index is 1.69. The molecule has 1 unspecified atom stereocenters. The van der Waals surface area contributed by atoms with Crippen LogP contribution in [0.3, 0.4) is 0 Å². The van der Waals surface area contributed by atoms with Gasteiger partial charge in [-0.2, -0.15) is 13.2 Å². The number of nitrogens with zero attached hydrogens (tertiary/aromatic N) is 1. The minimum atomic E-state index is -4.43. The first-order valence-electron chi connectivity index (χ1n) is 13.3. The van der Waals surface area contributed by atoms with Gasteiger partial charge in [-0.25, -0.2) is 0 Å². The molecule has 0 spiro atoms. The fourth-order valence-electron chi connectivity index (χ4n) is 5.54. The first kappa shape index (κ1) is 27.7. The molecule has 1 aliphatic rings. The van der Waals surface area contributed by atoms with Crippen molar-refractivity contribution in [3.8, 4) is 5.75 Å². The Labute approximate surface area is 223 Å². The van der Waals surface area contributed by atoms with Gasteiger partial charge in [0.25, 0.3) is 0 Å². The molecular formula is C32H36F3NO2. The highest BCUT2D eigenvalue weighted by Crippen LogP contribution is 2.44. The van der Waals surface area contributed by atoms with Gasteiger partial charge in [0.05, 0.1) is 11.5 Å². The van der Waals surface area contributed by atoms with Gasteiger partial charge in [-0.3, -0.25) is 4.79 Å². The Morgan fingerprint density at radius 2 is 1.68 bits per heavy atom. The zero-order valence-corrected chi connectivity index (χ0v) is 22.5. The van der Waals surface area contributed by atoms with E-state index < -0.39 is 23.4 Å². The third-order valence-electron chi connectivity index (χ3n) is 7.50. The molecule has 1 amide bonds. The first-order chi connectivity index (χ1) is 18.0. The molecule has 1 saturated heterocycles. The van der Waals surface area contributed by atoms with Crippen LogP contribution >= 0.6 is 0 Å². The van der Waals surface area contributed by atoms with E-state index in [0.29, 0.717) is 18.2 Å². The molecule has 4 rings (SSSR count). The molecule has 38 heavy (non-hydrogen) atoms. The summed E-state index contributed by atoms with van der Waals surface area (Å²) in [6.45, 7) is 8.66. The van der Waals surface area contributed by atoms with Gasteiger partial charge in [-0.1, -0.05) is 68.4 Å². The minimum absolute atomic E-state index is 0.0539. The quantitative estimate of drug-likeness (QED) is 0.312. The first-order valence-corrected chi connectivity index (χ1v) is 13.3. The molecule has 0 aromatic heterocycles. The average molecular weight is 524 g/mol. The van der Waals surface area contributed by atoms with Crippen molar-refractivity contribution in [1.29, 1.82) is 0 Å². The number of alkyl halides is 3. The summed E-state index contributed by atoms with van der Waals surface area (Å²) < 4.78 is 46.0. The van der Waals surface area contributed by atoms with Crippen molar-refractivity contribution in [2.45, 2.75) is 70.7 Å². The third kappa shape index (κ3) is 6.06. The number of hydrogen-bond acceptors (Lipinski definition) is 2. The van der Waals surface area contributed by atoms with Crippen molar-refractivity contribution in [1.82, 2.24) is 4.90 Å². The maximum atomic E-state index is 14.1. The highest BCUT2D eigenvalue weighted by atomic mass is 19.4. The van der Waals surface area contributed by atoms with E-state index in [4.69, 9.17) is 4.74 Å². The van der Waals surface area contributed by atoms with Crippen LogP contribution < -0.4 is 4.74 Å². The van der Waals surface area contributed by atoms with Gasteiger partial charge in [-0.15, -0.1) is 0 Å². The lowest BCUT2D eigenvalue weighted by atomic mass is 9.80. The summed E-state index contributed by atoms with van der Waals surface area (Å²) in [5, 5.41) is 0. The summed E-state index contributed by atoms with van der Waals surface area (Å²) in [4.78, 5) is 15.9. The van der Waals surface area contributed by atoms with Crippen LogP contribution in [0.4, 0.5) is 13.2 Å². The van der Waals surface area contributed by atoms with Crippen LogP contribution in [0, 0.1) is 5.92 Å². The van der Waals surface area contributed by atoms with Crippen LogP contribution in [0.5, 0.6) is 5.75 Å². The molecule has 1 heterocycles.